The van der Waals surface area contributed by atoms with Crippen LogP contribution in [-0.4, -0.2) is 40.8 Å². The Hall–Kier alpha value is -1.43. The molecule has 0 aliphatic carbocycles. The zero-order valence-electron chi connectivity index (χ0n) is 9.68. The molecule has 1 aromatic heterocycles. The highest BCUT2D eigenvalue weighted by atomic mass is 32.1. The number of carbonyl (C=O) groups is 2. The van der Waals surface area contributed by atoms with E-state index < -0.39 is 0 Å². The van der Waals surface area contributed by atoms with Crippen molar-refractivity contribution in [3.8, 4) is 0 Å². The van der Waals surface area contributed by atoms with E-state index in [0.29, 0.717) is 5.69 Å². The maximum Gasteiger partial charge on any atom is 0.270 e. The smallest absolute Gasteiger partial charge is 0.270 e. The molecule has 1 fully saturated rings. The van der Waals surface area contributed by atoms with E-state index in [0.717, 1.165) is 25.9 Å². The molecular formula is C11H15N3O2S. The fourth-order valence-electron chi connectivity index (χ4n) is 1.92. The lowest BCUT2D eigenvalue weighted by Crippen LogP contribution is -2.46. The van der Waals surface area contributed by atoms with Gasteiger partial charge >= 0.3 is 0 Å². The zero-order chi connectivity index (χ0) is 12.3. The van der Waals surface area contributed by atoms with E-state index in [4.69, 9.17) is 0 Å². The normalized spacial score (nSPS) is 16.9. The lowest BCUT2D eigenvalue weighted by Gasteiger charge is -2.31. The van der Waals surface area contributed by atoms with Gasteiger partial charge < -0.3 is 10.2 Å². The number of nitrogens with zero attached hydrogens (tertiary/aromatic N) is 2. The second-order valence-electron chi connectivity index (χ2n) is 4.13. The van der Waals surface area contributed by atoms with Crippen molar-refractivity contribution in [1.82, 2.24) is 15.2 Å². The lowest BCUT2D eigenvalue weighted by molar-refractivity contribution is -0.129. The Morgan fingerprint density at radius 1 is 1.47 bits per heavy atom. The third-order valence-electron chi connectivity index (χ3n) is 2.94. The Balaban J connectivity index is 1.82. The fraction of sp³-hybridized carbons (Fsp3) is 0.545. The summed E-state index contributed by atoms with van der Waals surface area (Å²) in [5.41, 5.74) is 2.12. The summed E-state index contributed by atoms with van der Waals surface area (Å²) in [5.74, 6) is -0.0122. The molecule has 0 bridgehead atoms. The van der Waals surface area contributed by atoms with Crippen LogP contribution in [-0.2, 0) is 4.79 Å². The summed E-state index contributed by atoms with van der Waals surface area (Å²) in [6.45, 7) is 3.02. The number of hydrogen-bond donors (Lipinski definition) is 1. The number of nitrogens with one attached hydrogen (secondary N) is 1. The van der Waals surface area contributed by atoms with Crippen LogP contribution in [0.1, 0.15) is 30.3 Å². The van der Waals surface area contributed by atoms with E-state index in [1.54, 1.807) is 17.8 Å². The van der Waals surface area contributed by atoms with Crippen molar-refractivity contribution in [3.63, 3.8) is 0 Å². The van der Waals surface area contributed by atoms with Gasteiger partial charge in [0.1, 0.15) is 5.69 Å². The van der Waals surface area contributed by atoms with Crippen LogP contribution in [0.15, 0.2) is 10.9 Å². The Bertz CT molecular complexity index is 397. The second-order valence-corrected chi connectivity index (χ2v) is 4.85. The molecule has 1 aliphatic rings. The number of piperidine rings is 1. The Kier molecular flexibility index (Phi) is 3.73. The molecule has 1 aromatic rings. The second kappa shape index (κ2) is 5.27. The molecule has 2 rings (SSSR count). The van der Waals surface area contributed by atoms with Gasteiger partial charge in [-0.1, -0.05) is 0 Å². The Morgan fingerprint density at radius 2 is 2.18 bits per heavy atom. The number of rotatable bonds is 2. The van der Waals surface area contributed by atoms with Gasteiger partial charge in [0.2, 0.25) is 5.91 Å². The van der Waals surface area contributed by atoms with Gasteiger partial charge in [0.25, 0.3) is 5.91 Å². The predicted octanol–water partition coefficient (Wildman–Crippen LogP) is 0.884. The highest BCUT2D eigenvalue weighted by Crippen LogP contribution is 2.11. The number of likely N-dealkylation sites (tertiary alicyclic amines) is 1. The Morgan fingerprint density at radius 3 is 2.71 bits per heavy atom. The van der Waals surface area contributed by atoms with Crippen LogP contribution in [0.4, 0.5) is 0 Å². The fourth-order valence-corrected chi connectivity index (χ4v) is 2.45. The first-order chi connectivity index (χ1) is 8.16. The molecule has 0 aromatic carbocycles. The van der Waals surface area contributed by atoms with Gasteiger partial charge in [-0.05, 0) is 12.8 Å². The Labute approximate surface area is 104 Å². The van der Waals surface area contributed by atoms with Crippen molar-refractivity contribution in [2.24, 2.45) is 0 Å². The van der Waals surface area contributed by atoms with Crippen molar-refractivity contribution in [1.29, 1.82) is 0 Å². The summed E-state index contributed by atoms with van der Waals surface area (Å²) in [6.07, 6.45) is 1.63. The first kappa shape index (κ1) is 12.0. The SMILES string of the molecule is CC(=O)N1CCC(NC(=O)c2cscn2)CC1. The summed E-state index contributed by atoms with van der Waals surface area (Å²) in [4.78, 5) is 28.7. The highest BCUT2D eigenvalue weighted by Gasteiger charge is 2.22. The molecule has 5 nitrogen and oxygen atoms in total. The quantitative estimate of drug-likeness (QED) is 0.851. The van der Waals surface area contributed by atoms with Gasteiger partial charge in [-0.15, -0.1) is 11.3 Å². The van der Waals surface area contributed by atoms with Gasteiger partial charge in [-0.2, -0.15) is 0 Å². The van der Waals surface area contributed by atoms with Crippen LogP contribution in [0, 0.1) is 0 Å². The van der Waals surface area contributed by atoms with Crippen LogP contribution < -0.4 is 5.32 Å². The number of amides is 2. The molecule has 2 amide bonds. The topological polar surface area (TPSA) is 62.3 Å². The summed E-state index contributed by atoms with van der Waals surface area (Å²) in [7, 11) is 0. The number of aromatic nitrogens is 1. The van der Waals surface area contributed by atoms with Gasteiger partial charge in [0.05, 0.1) is 5.51 Å². The minimum atomic E-state index is -0.118. The van der Waals surface area contributed by atoms with Crippen molar-refractivity contribution >= 4 is 23.2 Å². The van der Waals surface area contributed by atoms with E-state index in [1.165, 1.54) is 11.3 Å². The molecule has 6 heteroatoms. The summed E-state index contributed by atoms with van der Waals surface area (Å²) >= 11 is 1.41. The minimum absolute atomic E-state index is 0.106. The molecule has 0 radical (unpaired) electrons. The third kappa shape index (κ3) is 3.03. The van der Waals surface area contributed by atoms with E-state index >= 15 is 0 Å². The van der Waals surface area contributed by atoms with Crippen molar-refractivity contribution < 1.29 is 9.59 Å². The van der Waals surface area contributed by atoms with Gasteiger partial charge in [0, 0.05) is 31.4 Å². The van der Waals surface area contributed by atoms with Crippen molar-refractivity contribution in [2.75, 3.05) is 13.1 Å². The first-order valence-electron chi connectivity index (χ1n) is 5.61. The summed E-state index contributed by atoms with van der Waals surface area (Å²) < 4.78 is 0. The predicted molar refractivity (Wildman–Crippen MR) is 64.9 cm³/mol. The van der Waals surface area contributed by atoms with Crippen LogP contribution in [0.25, 0.3) is 0 Å². The number of thiazole rings is 1. The molecule has 2 heterocycles. The first-order valence-corrected chi connectivity index (χ1v) is 6.55. The van der Waals surface area contributed by atoms with E-state index in [-0.39, 0.29) is 17.9 Å². The molecule has 0 unspecified atom stereocenters. The maximum atomic E-state index is 11.7. The maximum absolute atomic E-state index is 11.7. The minimum Gasteiger partial charge on any atom is -0.348 e. The largest absolute Gasteiger partial charge is 0.348 e. The average molecular weight is 253 g/mol. The average Bonchev–Trinajstić information content (AvgIpc) is 2.83. The standard InChI is InChI=1S/C11H15N3O2S/c1-8(15)14-4-2-9(3-5-14)13-11(16)10-6-17-7-12-10/h6-7,9H,2-5H2,1H3,(H,13,16). The lowest BCUT2D eigenvalue weighted by atomic mass is 10.0. The van der Waals surface area contributed by atoms with Crippen molar-refractivity contribution in [2.45, 2.75) is 25.8 Å². The van der Waals surface area contributed by atoms with Crippen LogP contribution in [0.2, 0.25) is 0 Å². The summed E-state index contributed by atoms with van der Waals surface area (Å²) in [5, 5.41) is 4.68. The highest BCUT2D eigenvalue weighted by molar-refractivity contribution is 7.07. The molecule has 17 heavy (non-hydrogen) atoms. The molecule has 0 spiro atoms. The molecule has 1 aliphatic heterocycles. The van der Waals surface area contributed by atoms with Crippen molar-refractivity contribution in [3.05, 3.63) is 16.6 Å². The number of carbonyl (C=O) groups excluding carboxylic acids is 2. The monoisotopic (exact) mass is 253 g/mol. The number of hydrogen-bond acceptors (Lipinski definition) is 4. The molecular weight excluding hydrogens is 238 g/mol. The van der Waals surface area contributed by atoms with Crippen LogP contribution in [0.5, 0.6) is 0 Å². The molecule has 1 saturated heterocycles. The summed E-state index contributed by atoms with van der Waals surface area (Å²) in [6, 6.07) is 0.153. The molecule has 92 valence electrons. The van der Waals surface area contributed by atoms with Gasteiger partial charge in [-0.25, -0.2) is 4.98 Å². The third-order valence-corrected chi connectivity index (χ3v) is 3.53. The van der Waals surface area contributed by atoms with E-state index in [9.17, 15) is 9.59 Å². The zero-order valence-corrected chi connectivity index (χ0v) is 10.5. The van der Waals surface area contributed by atoms with Crippen LogP contribution >= 0.6 is 11.3 Å². The van der Waals surface area contributed by atoms with Crippen LogP contribution in [0.3, 0.4) is 0 Å². The van der Waals surface area contributed by atoms with Gasteiger partial charge in [0.15, 0.2) is 0 Å². The molecule has 0 atom stereocenters. The van der Waals surface area contributed by atoms with Gasteiger partial charge in [-0.3, -0.25) is 9.59 Å². The molecule has 1 N–H and O–H groups in total. The molecule has 0 saturated carbocycles. The van der Waals surface area contributed by atoms with E-state index in [1.807, 2.05) is 4.90 Å². The van der Waals surface area contributed by atoms with E-state index in [2.05, 4.69) is 10.3 Å².